The average Bonchev–Trinajstić information content (AvgIpc) is 2.64. The van der Waals surface area contributed by atoms with Gasteiger partial charge in [-0.1, -0.05) is 24.8 Å². The van der Waals surface area contributed by atoms with Crippen LogP contribution in [0.15, 0.2) is 77.5 Å². The molecule has 0 spiro atoms. The van der Waals surface area contributed by atoms with E-state index in [1.165, 1.54) is 6.08 Å². The Hall–Kier alpha value is -2.95. The second-order valence-corrected chi connectivity index (χ2v) is 5.08. The number of hydrogen-bond acceptors (Lipinski definition) is 4. The highest BCUT2D eigenvalue weighted by molar-refractivity contribution is 5.86. The summed E-state index contributed by atoms with van der Waals surface area (Å²) in [6.07, 6.45) is 3.00. The Morgan fingerprint density at radius 1 is 1.00 bits per heavy atom. The Kier molecular flexibility index (Phi) is 7.21. The van der Waals surface area contributed by atoms with Gasteiger partial charge >= 0.3 is 0 Å². The summed E-state index contributed by atoms with van der Waals surface area (Å²) in [4.78, 5) is 11.0. The van der Waals surface area contributed by atoms with E-state index < -0.39 is 0 Å². The molecule has 5 heteroatoms. The molecule has 2 rings (SSSR count). The van der Waals surface area contributed by atoms with Crippen LogP contribution in [0.3, 0.4) is 0 Å². The average molecular weight is 323 g/mol. The number of carbonyl (C=O) groups excluding carboxylic acids is 1. The Morgan fingerprint density at radius 2 is 1.67 bits per heavy atom. The standard InChI is InChI=1S/C19H21N3O2/c1-2-19(23)20-14-6-7-15-24-18-12-10-17(11-13-18)22-21-16-8-4-3-5-9-16/h2-5,8-13H,1,6-7,14-15H2,(H,20,23). The molecule has 2 aromatic carbocycles. The van der Waals surface area contributed by atoms with Crippen molar-refractivity contribution in [1.29, 1.82) is 0 Å². The van der Waals surface area contributed by atoms with Gasteiger partial charge in [0.2, 0.25) is 5.91 Å². The molecule has 0 heterocycles. The molecule has 1 amide bonds. The highest BCUT2D eigenvalue weighted by atomic mass is 16.5. The number of ether oxygens (including phenoxy) is 1. The van der Waals surface area contributed by atoms with Crippen molar-refractivity contribution in [3.05, 3.63) is 67.3 Å². The predicted molar refractivity (Wildman–Crippen MR) is 95.0 cm³/mol. The fourth-order valence-electron chi connectivity index (χ4n) is 1.92. The zero-order chi connectivity index (χ0) is 17.0. The lowest BCUT2D eigenvalue weighted by molar-refractivity contribution is -0.116. The van der Waals surface area contributed by atoms with Gasteiger partial charge < -0.3 is 10.1 Å². The van der Waals surface area contributed by atoms with E-state index in [-0.39, 0.29) is 5.91 Å². The maximum absolute atomic E-state index is 11.0. The van der Waals surface area contributed by atoms with Crippen molar-refractivity contribution in [2.24, 2.45) is 10.2 Å². The topological polar surface area (TPSA) is 63.0 Å². The lowest BCUT2D eigenvalue weighted by atomic mass is 10.3. The smallest absolute Gasteiger partial charge is 0.243 e. The summed E-state index contributed by atoms with van der Waals surface area (Å²) in [7, 11) is 0. The highest BCUT2D eigenvalue weighted by Gasteiger charge is 1.97. The monoisotopic (exact) mass is 323 g/mol. The van der Waals surface area contributed by atoms with Crippen LogP contribution in [0.1, 0.15) is 12.8 Å². The number of nitrogens with zero attached hydrogens (tertiary/aromatic N) is 2. The molecule has 0 aliphatic heterocycles. The molecule has 0 saturated carbocycles. The SMILES string of the molecule is C=CC(=O)NCCCCOc1ccc(N=Nc2ccccc2)cc1. The van der Waals surface area contributed by atoms with Crippen LogP contribution in [0.4, 0.5) is 11.4 Å². The quantitative estimate of drug-likeness (QED) is 0.417. The number of unbranched alkanes of at least 4 members (excludes halogenated alkanes) is 1. The van der Waals surface area contributed by atoms with E-state index in [1.807, 2.05) is 54.6 Å². The van der Waals surface area contributed by atoms with E-state index >= 15 is 0 Å². The molecule has 1 N–H and O–H groups in total. The second-order valence-electron chi connectivity index (χ2n) is 5.08. The maximum Gasteiger partial charge on any atom is 0.243 e. The van der Waals surface area contributed by atoms with E-state index in [0.29, 0.717) is 13.2 Å². The first-order valence-electron chi connectivity index (χ1n) is 7.88. The normalized spacial score (nSPS) is 10.5. The first kappa shape index (κ1) is 17.4. The van der Waals surface area contributed by atoms with Crippen molar-refractivity contribution in [3.63, 3.8) is 0 Å². The minimum atomic E-state index is -0.142. The number of rotatable bonds is 9. The molecule has 0 aliphatic rings. The molecule has 0 atom stereocenters. The number of nitrogens with one attached hydrogen (secondary N) is 1. The number of amides is 1. The molecule has 0 bridgehead atoms. The summed E-state index contributed by atoms with van der Waals surface area (Å²) in [5, 5.41) is 11.1. The van der Waals surface area contributed by atoms with Gasteiger partial charge in [0.05, 0.1) is 18.0 Å². The molecule has 0 aromatic heterocycles. The molecule has 0 fully saturated rings. The van der Waals surface area contributed by atoms with Gasteiger partial charge in [0, 0.05) is 6.54 Å². The molecular weight excluding hydrogens is 302 g/mol. The molecule has 0 unspecified atom stereocenters. The molecule has 124 valence electrons. The number of benzene rings is 2. The van der Waals surface area contributed by atoms with Gasteiger partial charge in [-0.05, 0) is 55.3 Å². The Labute approximate surface area is 142 Å². The number of azo groups is 1. The molecular formula is C19H21N3O2. The minimum Gasteiger partial charge on any atom is -0.494 e. The third-order valence-electron chi connectivity index (χ3n) is 3.20. The van der Waals surface area contributed by atoms with Crippen LogP contribution < -0.4 is 10.1 Å². The van der Waals surface area contributed by atoms with Crippen molar-refractivity contribution in [1.82, 2.24) is 5.32 Å². The highest BCUT2D eigenvalue weighted by Crippen LogP contribution is 2.21. The summed E-state index contributed by atoms with van der Waals surface area (Å²) in [5.41, 5.74) is 1.60. The van der Waals surface area contributed by atoms with Gasteiger partial charge in [-0.15, -0.1) is 0 Å². The summed E-state index contributed by atoms with van der Waals surface area (Å²) in [5.74, 6) is 0.653. The lowest BCUT2D eigenvalue weighted by Gasteiger charge is -2.06. The summed E-state index contributed by atoms with van der Waals surface area (Å²) in [6, 6.07) is 17.1. The molecule has 5 nitrogen and oxygen atoms in total. The van der Waals surface area contributed by atoms with Crippen molar-refractivity contribution in [3.8, 4) is 5.75 Å². The van der Waals surface area contributed by atoms with E-state index in [9.17, 15) is 4.79 Å². The van der Waals surface area contributed by atoms with Gasteiger partial charge in [0.15, 0.2) is 0 Å². The first-order chi connectivity index (χ1) is 11.8. The van der Waals surface area contributed by atoms with Gasteiger partial charge in [-0.25, -0.2) is 0 Å². The molecule has 0 radical (unpaired) electrons. The minimum absolute atomic E-state index is 0.142. The van der Waals surface area contributed by atoms with Crippen LogP contribution in [0.25, 0.3) is 0 Å². The summed E-state index contributed by atoms with van der Waals surface area (Å²) < 4.78 is 5.65. The van der Waals surface area contributed by atoms with Crippen molar-refractivity contribution in [2.75, 3.05) is 13.2 Å². The fraction of sp³-hybridized carbons (Fsp3) is 0.211. The summed E-state index contributed by atoms with van der Waals surface area (Å²) in [6.45, 7) is 4.64. The van der Waals surface area contributed by atoms with Crippen molar-refractivity contribution < 1.29 is 9.53 Å². The van der Waals surface area contributed by atoms with Gasteiger partial charge in [-0.3, -0.25) is 4.79 Å². The molecule has 24 heavy (non-hydrogen) atoms. The van der Waals surface area contributed by atoms with Crippen LogP contribution in [0.2, 0.25) is 0 Å². The Morgan fingerprint density at radius 3 is 2.33 bits per heavy atom. The predicted octanol–water partition coefficient (Wildman–Crippen LogP) is 4.56. The van der Waals surface area contributed by atoms with E-state index in [2.05, 4.69) is 22.1 Å². The molecule has 0 saturated heterocycles. The Balaban J connectivity index is 1.69. The van der Waals surface area contributed by atoms with Crippen LogP contribution in [0, 0.1) is 0 Å². The van der Waals surface area contributed by atoms with Crippen LogP contribution in [0.5, 0.6) is 5.75 Å². The zero-order valence-corrected chi connectivity index (χ0v) is 13.5. The van der Waals surface area contributed by atoms with E-state index in [1.54, 1.807) is 0 Å². The zero-order valence-electron chi connectivity index (χ0n) is 13.5. The van der Waals surface area contributed by atoms with Gasteiger partial charge in [0.25, 0.3) is 0 Å². The third-order valence-corrected chi connectivity index (χ3v) is 3.20. The molecule has 0 aliphatic carbocycles. The van der Waals surface area contributed by atoms with E-state index in [4.69, 9.17) is 4.74 Å². The van der Waals surface area contributed by atoms with Crippen LogP contribution in [-0.4, -0.2) is 19.1 Å². The number of carbonyl (C=O) groups is 1. The van der Waals surface area contributed by atoms with Gasteiger partial charge in [0.1, 0.15) is 5.75 Å². The number of hydrogen-bond donors (Lipinski definition) is 1. The fourth-order valence-corrected chi connectivity index (χ4v) is 1.92. The second kappa shape index (κ2) is 9.94. The third kappa shape index (κ3) is 6.44. The van der Waals surface area contributed by atoms with Crippen LogP contribution >= 0.6 is 0 Å². The lowest BCUT2D eigenvalue weighted by Crippen LogP contribution is -2.22. The first-order valence-corrected chi connectivity index (χ1v) is 7.88. The van der Waals surface area contributed by atoms with E-state index in [0.717, 1.165) is 30.0 Å². The van der Waals surface area contributed by atoms with Crippen LogP contribution in [-0.2, 0) is 4.79 Å². The largest absolute Gasteiger partial charge is 0.494 e. The van der Waals surface area contributed by atoms with Crippen molar-refractivity contribution in [2.45, 2.75) is 12.8 Å². The molecule has 2 aromatic rings. The summed E-state index contributed by atoms with van der Waals surface area (Å²) >= 11 is 0. The maximum atomic E-state index is 11.0. The van der Waals surface area contributed by atoms with Crippen molar-refractivity contribution >= 4 is 17.3 Å². The Bertz CT molecular complexity index is 667. The van der Waals surface area contributed by atoms with Gasteiger partial charge in [-0.2, -0.15) is 10.2 Å².